The van der Waals surface area contributed by atoms with Crippen molar-refractivity contribution in [2.75, 3.05) is 7.05 Å². The van der Waals surface area contributed by atoms with Gasteiger partial charge < -0.3 is 20.1 Å². The monoisotopic (exact) mass is 601 g/mol. The lowest BCUT2D eigenvalue weighted by Gasteiger charge is -2.35. The molecule has 4 atom stereocenters. The molecule has 1 saturated carbocycles. The zero-order valence-corrected chi connectivity index (χ0v) is 26.1. The van der Waals surface area contributed by atoms with E-state index in [0.29, 0.717) is 29.6 Å². The molecular weight excluding hydrogens is 558 g/mol. The number of hydrogen-bond acceptors (Lipinski definition) is 9. The number of carbonyl (C=O) groups is 4. The molecule has 3 rings (SSSR count). The van der Waals surface area contributed by atoms with E-state index in [-0.39, 0.29) is 36.4 Å². The van der Waals surface area contributed by atoms with Gasteiger partial charge in [-0.3, -0.25) is 19.2 Å². The summed E-state index contributed by atoms with van der Waals surface area (Å²) in [6.45, 7) is 8.83. The van der Waals surface area contributed by atoms with Gasteiger partial charge in [-0.2, -0.15) is 0 Å². The normalized spacial score (nSPS) is 16.2. The first kappa shape index (κ1) is 33.1. The smallest absolute Gasteiger partial charge is 0.306 e. The third-order valence-electron chi connectivity index (χ3n) is 7.80. The predicted molar refractivity (Wildman–Crippen MR) is 158 cm³/mol. The van der Waals surface area contributed by atoms with Crippen molar-refractivity contribution < 1.29 is 29.0 Å². The first-order chi connectivity index (χ1) is 19.8. The van der Waals surface area contributed by atoms with Crippen LogP contribution in [0.4, 0.5) is 0 Å². The van der Waals surface area contributed by atoms with Crippen LogP contribution in [0.25, 0.3) is 0 Å². The van der Waals surface area contributed by atoms with E-state index in [1.54, 1.807) is 36.6 Å². The van der Waals surface area contributed by atoms with Gasteiger partial charge in [0.1, 0.15) is 16.5 Å². The van der Waals surface area contributed by atoms with Gasteiger partial charge in [0, 0.05) is 63.1 Å². The lowest BCUT2D eigenvalue weighted by atomic mass is 9.82. The second kappa shape index (κ2) is 15.2. The average molecular weight is 602 g/mol. The molecule has 1 aliphatic rings. The van der Waals surface area contributed by atoms with Gasteiger partial charge in [-0.25, -0.2) is 15.0 Å². The number of carboxylic acid groups (broad SMARTS) is 1. The van der Waals surface area contributed by atoms with Crippen LogP contribution in [0.5, 0.6) is 0 Å². The van der Waals surface area contributed by atoms with Crippen LogP contribution in [0.1, 0.15) is 99.2 Å². The molecule has 0 saturated heterocycles. The van der Waals surface area contributed by atoms with Crippen LogP contribution < -0.4 is 5.32 Å². The van der Waals surface area contributed by atoms with Gasteiger partial charge in [-0.05, 0) is 43.6 Å². The molecule has 1 aliphatic carbocycles. The molecule has 42 heavy (non-hydrogen) atoms. The van der Waals surface area contributed by atoms with Crippen LogP contribution in [0.2, 0.25) is 0 Å². The summed E-state index contributed by atoms with van der Waals surface area (Å²) in [6, 6.07) is -0.735. The molecule has 230 valence electrons. The van der Waals surface area contributed by atoms with Gasteiger partial charge in [0.05, 0.1) is 5.92 Å². The highest BCUT2D eigenvalue weighted by Crippen LogP contribution is 2.33. The molecule has 2 heterocycles. The zero-order valence-electron chi connectivity index (χ0n) is 25.3. The largest absolute Gasteiger partial charge is 0.481 e. The molecule has 2 aromatic rings. The molecule has 2 amide bonds. The molecule has 0 spiro atoms. The predicted octanol–water partition coefficient (Wildman–Crippen LogP) is 4.36. The van der Waals surface area contributed by atoms with Crippen molar-refractivity contribution >= 4 is 35.1 Å². The summed E-state index contributed by atoms with van der Waals surface area (Å²) in [6.07, 6.45) is 7.26. The standard InChI is InChI=1S/C30H43N5O6S/c1-17(2)24(35(6)27(37)11-21-8-7-9-21)13-25(41-20(5)36)29-34-23(16-42-29)28(38)33-22(10-19(4)30(39)40)12-26-31-14-18(3)15-32-26/h14-17,19,21-22,24-25H,7-13H2,1-6H3,(H,33,38)(H,39,40). The molecule has 0 aliphatic heterocycles. The van der Waals surface area contributed by atoms with Crippen molar-refractivity contribution in [3.63, 3.8) is 0 Å². The molecule has 12 heteroatoms. The number of hydrogen-bond donors (Lipinski definition) is 2. The Morgan fingerprint density at radius 3 is 2.36 bits per heavy atom. The SMILES string of the molecule is CC(=O)OC(CC(C(C)C)N(C)C(=O)CC1CCC1)c1nc(C(=O)NC(Cc2ncc(C)cn2)CC(C)C(=O)O)cs1. The molecule has 0 aromatic carbocycles. The summed E-state index contributed by atoms with van der Waals surface area (Å²) >= 11 is 1.21. The van der Waals surface area contributed by atoms with Crippen molar-refractivity contribution in [3.05, 3.63) is 39.9 Å². The molecule has 2 N–H and O–H groups in total. The zero-order chi connectivity index (χ0) is 31.0. The van der Waals surface area contributed by atoms with E-state index in [1.807, 2.05) is 20.8 Å². The average Bonchev–Trinajstić information content (AvgIpc) is 3.39. The number of nitrogens with zero attached hydrogens (tertiary/aromatic N) is 4. The molecular formula is C30H43N5O6S. The van der Waals surface area contributed by atoms with Crippen LogP contribution >= 0.6 is 11.3 Å². The minimum Gasteiger partial charge on any atom is -0.481 e. The van der Waals surface area contributed by atoms with E-state index in [9.17, 15) is 24.3 Å². The van der Waals surface area contributed by atoms with Crippen LogP contribution in [-0.2, 0) is 25.5 Å². The fourth-order valence-corrected chi connectivity index (χ4v) is 5.87. The minimum atomic E-state index is -0.963. The number of nitrogens with one attached hydrogen (secondary N) is 1. The van der Waals surface area contributed by atoms with E-state index in [2.05, 4.69) is 20.3 Å². The number of aliphatic carboxylic acids is 1. The highest BCUT2D eigenvalue weighted by molar-refractivity contribution is 7.09. The highest BCUT2D eigenvalue weighted by atomic mass is 32.1. The van der Waals surface area contributed by atoms with Gasteiger partial charge >= 0.3 is 11.9 Å². The third kappa shape index (κ3) is 9.57. The number of thiazole rings is 1. The Kier molecular flexibility index (Phi) is 12.0. The maximum atomic E-state index is 13.3. The van der Waals surface area contributed by atoms with E-state index >= 15 is 0 Å². The quantitative estimate of drug-likeness (QED) is 0.284. The van der Waals surface area contributed by atoms with E-state index < -0.39 is 35.9 Å². The van der Waals surface area contributed by atoms with Crippen LogP contribution in [0, 0.1) is 24.7 Å². The Balaban J connectivity index is 1.75. The molecule has 2 aromatic heterocycles. The van der Waals surface area contributed by atoms with Crippen molar-refractivity contribution in [2.24, 2.45) is 17.8 Å². The lowest BCUT2D eigenvalue weighted by molar-refractivity contribution is -0.148. The molecule has 4 unspecified atom stereocenters. The summed E-state index contributed by atoms with van der Waals surface area (Å²) in [5.74, 6) is -1.49. The summed E-state index contributed by atoms with van der Waals surface area (Å²) < 4.78 is 5.66. The maximum Gasteiger partial charge on any atom is 0.306 e. The fourth-order valence-electron chi connectivity index (χ4n) is 5.03. The first-order valence-electron chi connectivity index (χ1n) is 14.5. The van der Waals surface area contributed by atoms with Crippen molar-refractivity contribution in [3.8, 4) is 0 Å². The number of esters is 1. The van der Waals surface area contributed by atoms with Crippen molar-refractivity contribution in [1.82, 2.24) is 25.2 Å². The van der Waals surface area contributed by atoms with Gasteiger partial charge in [-0.1, -0.05) is 27.2 Å². The fraction of sp³-hybridized carbons (Fsp3) is 0.633. The van der Waals surface area contributed by atoms with E-state index in [4.69, 9.17) is 4.74 Å². The Morgan fingerprint density at radius 1 is 1.14 bits per heavy atom. The van der Waals surface area contributed by atoms with Crippen LogP contribution in [-0.4, -0.2) is 67.8 Å². The third-order valence-corrected chi connectivity index (χ3v) is 8.74. The number of carboxylic acids is 1. The first-order valence-corrected chi connectivity index (χ1v) is 15.4. The Morgan fingerprint density at radius 2 is 1.81 bits per heavy atom. The number of aromatic nitrogens is 3. The van der Waals surface area contributed by atoms with Crippen LogP contribution in [0.15, 0.2) is 17.8 Å². The maximum absolute atomic E-state index is 13.3. The lowest BCUT2D eigenvalue weighted by Crippen LogP contribution is -2.42. The second-order valence-corrected chi connectivity index (χ2v) is 12.6. The Bertz CT molecular complexity index is 1230. The topological polar surface area (TPSA) is 152 Å². The Labute approximate surface area is 251 Å². The highest BCUT2D eigenvalue weighted by Gasteiger charge is 2.32. The Hall–Kier alpha value is -3.41. The number of amides is 2. The van der Waals surface area contributed by atoms with Crippen LogP contribution in [0.3, 0.4) is 0 Å². The van der Waals surface area contributed by atoms with Crippen molar-refractivity contribution in [2.45, 2.75) is 97.8 Å². The number of rotatable bonds is 15. The molecule has 0 bridgehead atoms. The summed E-state index contributed by atoms with van der Waals surface area (Å²) in [7, 11) is 1.80. The van der Waals surface area contributed by atoms with Gasteiger partial charge in [0.15, 0.2) is 6.10 Å². The van der Waals surface area contributed by atoms with Crippen molar-refractivity contribution in [1.29, 1.82) is 0 Å². The van der Waals surface area contributed by atoms with Gasteiger partial charge in [0.2, 0.25) is 5.91 Å². The number of aryl methyl sites for hydroxylation is 1. The summed E-state index contributed by atoms with van der Waals surface area (Å²) in [5, 5.41) is 14.4. The second-order valence-electron chi connectivity index (χ2n) is 11.7. The van der Waals surface area contributed by atoms with E-state index in [0.717, 1.165) is 18.4 Å². The summed E-state index contributed by atoms with van der Waals surface area (Å²) in [4.78, 5) is 64.7. The van der Waals surface area contributed by atoms with Gasteiger partial charge in [-0.15, -0.1) is 11.3 Å². The minimum absolute atomic E-state index is 0.0818. The van der Waals surface area contributed by atoms with E-state index in [1.165, 1.54) is 24.7 Å². The number of ether oxygens (including phenoxy) is 1. The summed E-state index contributed by atoms with van der Waals surface area (Å²) in [5.41, 5.74) is 1.03. The number of carbonyl (C=O) groups excluding carboxylic acids is 3. The molecule has 11 nitrogen and oxygen atoms in total. The van der Waals surface area contributed by atoms with Gasteiger partial charge in [0.25, 0.3) is 5.91 Å². The molecule has 0 radical (unpaired) electrons. The molecule has 1 fully saturated rings.